The van der Waals surface area contributed by atoms with Crippen LogP contribution in [0.4, 0.5) is 11.8 Å². The van der Waals surface area contributed by atoms with Gasteiger partial charge in [0.05, 0.1) is 6.10 Å². The van der Waals surface area contributed by atoms with Crippen molar-refractivity contribution in [1.29, 1.82) is 0 Å². The summed E-state index contributed by atoms with van der Waals surface area (Å²) in [5.74, 6) is 1.48. The predicted molar refractivity (Wildman–Crippen MR) is 96.3 cm³/mol. The van der Waals surface area contributed by atoms with E-state index >= 15 is 0 Å². The summed E-state index contributed by atoms with van der Waals surface area (Å²) in [7, 11) is 1.85. The lowest BCUT2D eigenvalue weighted by molar-refractivity contribution is 0.129. The molecule has 0 aliphatic carbocycles. The van der Waals surface area contributed by atoms with Gasteiger partial charge in [0.25, 0.3) is 0 Å². The van der Waals surface area contributed by atoms with E-state index in [2.05, 4.69) is 49.4 Å². The number of hydrogen-bond acceptors (Lipinski definition) is 6. The number of anilines is 2. The lowest BCUT2D eigenvalue weighted by Gasteiger charge is -2.22. The van der Waals surface area contributed by atoms with Gasteiger partial charge in [-0.25, -0.2) is 4.98 Å². The Kier molecular flexibility index (Phi) is 5.27. The molecule has 2 aromatic rings. The second kappa shape index (κ2) is 7.59. The van der Waals surface area contributed by atoms with Gasteiger partial charge in [0, 0.05) is 51.5 Å². The molecule has 2 heterocycles. The fourth-order valence-electron chi connectivity index (χ4n) is 3.04. The fraction of sp³-hybridized carbons (Fsp3) is 0.444. The number of nitrogens with zero attached hydrogens (tertiary/aromatic N) is 4. The molecule has 0 saturated carbocycles. The molecule has 6 heteroatoms. The van der Waals surface area contributed by atoms with Crippen LogP contribution in [0.3, 0.4) is 0 Å². The largest absolute Gasteiger partial charge is 0.390 e. The summed E-state index contributed by atoms with van der Waals surface area (Å²) in [5, 5.41) is 13.5. The van der Waals surface area contributed by atoms with Gasteiger partial charge in [0.2, 0.25) is 5.95 Å². The highest BCUT2D eigenvalue weighted by Gasteiger charge is 2.23. The van der Waals surface area contributed by atoms with Crippen LogP contribution in [0, 0.1) is 6.92 Å². The van der Waals surface area contributed by atoms with Gasteiger partial charge in [-0.2, -0.15) is 4.98 Å². The highest BCUT2D eigenvalue weighted by Crippen LogP contribution is 2.17. The molecule has 1 aromatic heterocycles. The zero-order valence-corrected chi connectivity index (χ0v) is 14.3. The van der Waals surface area contributed by atoms with E-state index in [-0.39, 0.29) is 0 Å². The molecule has 1 fully saturated rings. The number of hydrogen-bond donors (Lipinski definition) is 2. The van der Waals surface area contributed by atoms with Gasteiger partial charge in [0.1, 0.15) is 5.82 Å². The Hall–Kier alpha value is -2.18. The van der Waals surface area contributed by atoms with Gasteiger partial charge in [-0.05, 0) is 12.5 Å². The van der Waals surface area contributed by atoms with Gasteiger partial charge in [-0.3, -0.25) is 4.90 Å². The number of aliphatic hydroxyl groups is 1. The smallest absolute Gasteiger partial charge is 0.227 e. The molecular weight excluding hydrogens is 302 g/mol. The highest BCUT2D eigenvalue weighted by atomic mass is 16.3. The molecule has 0 spiro atoms. The van der Waals surface area contributed by atoms with E-state index in [4.69, 9.17) is 0 Å². The zero-order valence-electron chi connectivity index (χ0n) is 14.3. The number of aromatic nitrogens is 2. The van der Waals surface area contributed by atoms with E-state index < -0.39 is 6.10 Å². The van der Waals surface area contributed by atoms with Gasteiger partial charge < -0.3 is 15.3 Å². The summed E-state index contributed by atoms with van der Waals surface area (Å²) >= 11 is 0. The molecule has 0 radical (unpaired) electrons. The summed E-state index contributed by atoms with van der Waals surface area (Å²) in [6.45, 7) is 5.70. The first kappa shape index (κ1) is 16.7. The summed E-state index contributed by atoms with van der Waals surface area (Å²) in [5.41, 5.74) is 2.19. The molecule has 6 nitrogen and oxygen atoms in total. The molecule has 0 amide bonds. The second-order valence-corrected chi connectivity index (χ2v) is 6.27. The maximum Gasteiger partial charge on any atom is 0.227 e. The van der Waals surface area contributed by atoms with Crippen LogP contribution < -0.4 is 10.2 Å². The van der Waals surface area contributed by atoms with Crippen molar-refractivity contribution in [2.45, 2.75) is 19.6 Å². The minimum absolute atomic E-state index is 0.418. The first-order valence-corrected chi connectivity index (χ1v) is 8.37. The normalized spacial score (nSPS) is 19.1. The maximum absolute atomic E-state index is 10.4. The SMILES string of the molecule is CNc1cc(C)nc(N2CCN(Cc3ccccc3)C[C@H](O)C2)n1. The minimum atomic E-state index is -0.418. The summed E-state index contributed by atoms with van der Waals surface area (Å²) < 4.78 is 0. The topological polar surface area (TPSA) is 64.5 Å². The first-order valence-electron chi connectivity index (χ1n) is 8.37. The van der Waals surface area contributed by atoms with Crippen LogP contribution in [0.1, 0.15) is 11.3 Å². The van der Waals surface area contributed by atoms with Crippen LogP contribution >= 0.6 is 0 Å². The van der Waals surface area contributed by atoms with Gasteiger partial charge in [-0.1, -0.05) is 30.3 Å². The van der Waals surface area contributed by atoms with Gasteiger partial charge in [-0.15, -0.1) is 0 Å². The van der Waals surface area contributed by atoms with Crippen LogP contribution in [-0.4, -0.2) is 59.3 Å². The predicted octanol–water partition coefficient (Wildman–Crippen LogP) is 1.51. The van der Waals surface area contributed by atoms with E-state index in [1.807, 2.05) is 26.1 Å². The van der Waals surface area contributed by atoms with Crippen LogP contribution in [0.5, 0.6) is 0 Å². The summed E-state index contributed by atoms with van der Waals surface area (Å²) in [6, 6.07) is 12.3. The Bertz CT molecular complexity index is 664. The third-order valence-electron chi connectivity index (χ3n) is 4.22. The Morgan fingerprint density at radius 2 is 1.96 bits per heavy atom. The molecular formula is C18H25N5O. The number of aliphatic hydroxyl groups excluding tert-OH is 1. The van der Waals surface area contributed by atoms with Crippen molar-refractivity contribution >= 4 is 11.8 Å². The van der Waals surface area contributed by atoms with E-state index in [0.29, 0.717) is 19.0 Å². The third-order valence-corrected chi connectivity index (χ3v) is 4.22. The standard InChI is InChI=1S/C18H25N5O/c1-14-10-17(19-2)21-18(20-14)23-9-8-22(12-16(24)13-23)11-15-6-4-3-5-7-15/h3-7,10,16,24H,8-9,11-13H2,1-2H3,(H,19,20,21)/t16-/m0/s1. The molecule has 24 heavy (non-hydrogen) atoms. The average Bonchev–Trinajstić information content (AvgIpc) is 2.76. The Morgan fingerprint density at radius 3 is 2.71 bits per heavy atom. The first-order chi connectivity index (χ1) is 11.6. The van der Waals surface area contributed by atoms with Crippen molar-refractivity contribution in [3.8, 4) is 0 Å². The van der Waals surface area contributed by atoms with Crippen LogP contribution in [0.25, 0.3) is 0 Å². The highest BCUT2D eigenvalue weighted by molar-refractivity contribution is 5.43. The second-order valence-electron chi connectivity index (χ2n) is 6.27. The Morgan fingerprint density at radius 1 is 1.17 bits per heavy atom. The zero-order chi connectivity index (χ0) is 16.9. The van der Waals surface area contributed by atoms with Crippen molar-refractivity contribution in [1.82, 2.24) is 14.9 Å². The lowest BCUT2D eigenvalue weighted by atomic mass is 10.2. The number of aryl methyl sites for hydroxylation is 1. The Labute approximate surface area is 143 Å². The molecule has 1 atom stereocenters. The van der Waals surface area contributed by atoms with Crippen molar-refractivity contribution in [2.24, 2.45) is 0 Å². The van der Waals surface area contributed by atoms with Crippen molar-refractivity contribution in [2.75, 3.05) is 43.4 Å². The number of rotatable bonds is 4. The molecule has 1 aliphatic rings. The van der Waals surface area contributed by atoms with E-state index in [0.717, 1.165) is 31.1 Å². The Balaban J connectivity index is 1.71. The van der Waals surface area contributed by atoms with Crippen LogP contribution in [0.15, 0.2) is 36.4 Å². The molecule has 1 saturated heterocycles. The van der Waals surface area contributed by atoms with Crippen molar-refractivity contribution in [3.63, 3.8) is 0 Å². The molecule has 0 bridgehead atoms. The van der Waals surface area contributed by atoms with Gasteiger partial charge >= 0.3 is 0 Å². The maximum atomic E-state index is 10.4. The number of nitrogens with one attached hydrogen (secondary N) is 1. The molecule has 2 N–H and O–H groups in total. The molecule has 1 aliphatic heterocycles. The van der Waals surface area contributed by atoms with Gasteiger partial charge in [0.15, 0.2) is 0 Å². The molecule has 1 aromatic carbocycles. The average molecular weight is 327 g/mol. The monoisotopic (exact) mass is 327 g/mol. The molecule has 3 rings (SSSR count). The number of β-amino-alcohol motifs (C(OH)–C–C–N with tert-alkyl or cyclic N) is 1. The molecule has 128 valence electrons. The number of benzene rings is 1. The molecule has 0 unspecified atom stereocenters. The van der Waals surface area contributed by atoms with E-state index in [1.54, 1.807) is 0 Å². The van der Waals surface area contributed by atoms with Crippen LogP contribution in [0.2, 0.25) is 0 Å². The minimum Gasteiger partial charge on any atom is -0.390 e. The third kappa shape index (κ3) is 4.21. The quantitative estimate of drug-likeness (QED) is 0.887. The lowest BCUT2D eigenvalue weighted by Crippen LogP contribution is -2.34. The summed E-state index contributed by atoms with van der Waals surface area (Å²) in [6.07, 6.45) is -0.418. The van der Waals surface area contributed by atoms with E-state index in [1.165, 1.54) is 5.56 Å². The van der Waals surface area contributed by atoms with Crippen molar-refractivity contribution in [3.05, 3.63) is 47.7 Å². The van der Waals surface area contributed by atoms with Crippen LogP contribution in [-0.2, 0) is 6.54 Å². The van der Waals surface area contributed by atoms with E-state index in [9.17, 15) is 5.11 Å². The summed E-state index contributed by atoms with van der Waals surface area (Å²) in [4.78, 5) is 13.4. The van der Waals surface area contributed by atoms with Crippen molar-refractivity contribution < 1.29 is 5.11 Å². The fourth-order valence-corrected chi connectivity index (χ4v) is 3.04.